The molecule has 0 radical (unpaired) electrons. The molecule has 0 atom stereocenters. The van der Waals surface area contributed by atoms with Crippen molar-refractivity contribution in [3.8, 4) is 11.6 Å². The molecule has 0 bridgehead atoms. The van der Waals surface area contributed by atoms with Crippen LogP contribution in [0.1, 0.15) is 44.7 Å². The molecule has 0 saturated heterocycles. The van der Waals surface area contributed by atoms with Gasteiger partial charge in [0.05, 0.1) is 5.52 Å². The van der Waals surface area contributed by atoms with E-state index in [1.54, 1.807) is 0 Å². The zero-order valence-electron chi connectivity index (χ0n) is 17.3. The minimum atomic E-state index is -0.349. The number of nitrogens with one attached hydrogen (secondary N) is 2. The first-order valence-corrected chi connectivity index (χ1v) is 9.80. The van der Waals surface area contributed by atoms with Gasteiger partial charge in [0.25, 0.3) is 5.89 Å². The van der Waals surface area contributed by atoms with Crippen molar-refractivity contribution in [2.45, 2.75) is 58.1 Å². The summed E-state index contributed by atoms with van der Waals surface area (Å²) in [5, 5.41) is 15.7. The van der Waals surface area contributed by atoms with Crippen molar-refractivity contribution in [2.75, 3.05) is 17.7 Å². The first-order chi connectivity index (χ1) is 13.8. The molecule has 2 N–H and O–H groups in total. The Hall–Kier alpha value is -2.74. The highest BCUT2D eigenvalue weighted by molar-refractivity contribution is 5.90. The molecule has 8 heteroatoms. The van der Waals surface area contributed by atoms with E-state index in [-0.39, 0.29) is 17.6 Å². The Labute approximate surface area is 169 Å². The second-order valence-corrected chi connectivity index (χ2v) is 8.68. The van der Waals surface area contributed by atoms with E-state index >= 15 is 0 Å². The van der Waals surface area contributed by atoms with Gasteiger partial charge in [-0.15, -0.1) is 5.10 Å². The third kappa shape index (κ3) is 3.76. The Bertz CT molecular complexity index is 1040. The predicted octanol–water partition coefficient (Wildman–Crippen LogP) is 4.78. The van der Waals surface area contributed by atoms with E-state index in [9.17, 15) is 4.53 Å². The molecule has 29 heavy (non-hydrogen) atoms. The van der Waals surface area contributed by atoms with Crippen LogP contribution >= 0.6 is 0 Å². The smallest absolute Gasteiger partial charge is 0.316 e. The molecule has 1 saturated carbocycles. The van der Waals surface area contributed by atoms with Crippen molar-refractivity contribution in [1.82, 2.24) is 15.2 Å². The second-order valence-electron chi connectivity index (χ2n) is 8.68. The van der Waals surface area contributed by atoms with E-state index in [1.807, 2.05) is 13.1 Å². The summed E-state index contributed by atoms with van der Waals surface area (Å²) in [5.74, 6) is 0.354. The number of hydrogen-bond donors (Lipinski definition) is 2. The molecule has 1 aliphatic rings. The van der Waals surface area contributed by atoms with Crippen molar-refractivity contribution in [1.29, 1.82) is 0 Å². The largest absolute Gasteiger partial charge is 0.402 e. The molecular weight excluding hydrogens is 373 g/mol. The molecule has 4 rings (SSSR count). The predicted molar refractivity (Wildman–Crippen MR) is 111 cm³/mol. The second kappa shape index (κ2) is 7.26. The average molecular weight is 399 g/mol. The van der Waals surface area contributed by atoms with E-state index in [1.165, 1.54) is 0 Å². The SMILES string of the molecule is CNc1cc(C(C)(C)C)c2nc(-c3nnc(NC4CC(OF)C4)o3)cc(C)c2c1. The monoisotopic (exact) mass is 399 g/mol. The third-order valence-electron chi connectivity index (χ3n) is 5.41. The van der Waals surface area contributed by atoms with Crippen LogP contribution in [-0.2, 0) is 10.4 Å². The first kappa shape index (κ1) is 19.6. The average Bonchev–Trinajstić information content (AvgIpc) is 3.11. The highest BCUT2D eigenvalue weighted by Gasteiger charge is 2.32. The lowest BCUT2D eigenvalue weighted by Crippen LogP contribution is -2.39. The van der Waals surface area contributed by atoms with Gasteiger partial charge in [0.2, 0.25) is 0 Å². The number of fused-ring (bicyclic) bond motifs is 1. The zero-order valence-corrected chi connectivity index (χ0v) is 17.3. The van der Waals surface area contributed by atoms with Gasteiger partial charge in [-0.25, -0.2) is 4.98 Å². The molecule has 1 aliphatic carbocycles. The molecule has 0 aliphatic heterocycles. The number of nitrogens with zero attached hydrogens (tertiary/aromatic N) is 3. The maximum atomic E-state index is 12.1. The van der Waals surface area contributed by atoms with Crippen LogP contribution in [0.4, 0.5) is 16.2 Å². The van der Waals surface area contributed by atoms with Gasteiger partial charge >= 0.3 is 6.01 Å². The summed E-state index contributed by atoms with van der Waals surface area (Å²) < 4.78 is 17.9. The molecule has 3 aromatic rings. The summed E-state index contributed by atoms with van der Waals surface area (Å²) in [4.78, 5) is 8.70. The van der Waals surface area contributed by atoms with Gasteiger partial charge < -0.3 is 15.1 Å². The molecule has 0 unspecified atom stereocenters. The van der Waals surface area contributed by atoms with Crippen LogP contribution in [0.25, 0.3) is 22.5 Å². The minimum absolute atomic E-state index is 0.0720. The number of halogens is 1. The Morgan fingerprint density at radius 3 is 2.59 bits per heavy atom. The summed E-state index contributed by atoms with van der Waals surface area (Å²) in [6.07, 6.45) is 0.798. The minimum Gasteiger partial charge on any atom is -0.402 e. The zero-order chi connectivity index (χ0) is 20.8. The summed E-state index contributed by atoms with van der Waals surface area (Å²) in [6.45, 7) is 8.58. The Kier molecular flexibility index (Phi) is 4.90. The fraction of sp³-hybridized carbons (Fsp3) is 0.476. The molecule has 2 heterocycles. The lowest BCUT2D eigenvalue weighted by atomic mass is 9.84. The van der Waals surface area contributed by atoms with E-state index in [2.05, 4.69) is 65.6 Å². The topological polar surface area (TPSA) is 85.1 Å². The Morgan fingerprint density at radius 2 is 1.93 bits per heavy atom. The quantitative estimate of drug-likeness (QED) is 0.639. The highest BCUT2D eigenvalue weighted by Crippen LogP contribution is 2.35. The first-order valence-electron chi connectivity index (χ1n) is 9.80. The van der Waals surface area contributed by atoms with Crippen molar-refractivity contribution < 1.29 is 13.9 Å². The maximum absolute atomic E-state index is 12.1. The van der Waals surface area contributed by atoms with Crippen molar-refractivity contribution in [3.05, 3.63) is 29.3 Å². The normalized spacial score (nSPS) is 19.2. The van der Waals surface area contributed by atoms with E-state index < -0.39 is 0 Å². The van der Waals surface area contributed by atoms with Crippen molar-refractivity contribution in [3.63, 3.8) is 0 Å². The standard InChI is InChI=1S/C21H26FN5O2/c1-11-6-17(19-26-27-20(28-19)24-13-7-14(8-13)29-22)25-18-15(11)9-12(23-5)10-16(18)21(2,3)4/h6,9-10,13-14,23H,7-8H2,1-5H3,(H,24,27). The van der Waals surface area contributed by atoms with Crippen molar-refractivity contribution in [2.24, 2.45) is 0 Å². The van der Waals surface area contributed by atoms with Gasteiger partial charge in [-0.05, 0) is 59.0 Å². The summed E-state index contributed by atoms with van der Waals surface area (Å²) in [7, 11) is 1.92. The lowest BCUT2D eigenvalue weighted by molar-refractivity contribution is -0.203. The highest BCUT2D eigenvalue weighted by atomic mass is 19.3. The van der Waals surface area contributed by atoms with Crippen LogP contribution in [0.3, 0.4) is 0 Å². The molecule has 0 amide bonds. The van der Waals surface area contributed by atoms with E-state index in [0.717, 1.165) is 27.7 Å². The van der Waals surface area contributed by atoms with Gasteiger partial charge in [-0.2, -0.15) is 4.94 Å². The fourth-order valence-corrected chi connectivity index (χ4v) is 3.63. The molecule has 1 aromatic carbocycles. The summed E-state index contributed by atoms with van der Waals surface area (Å²) >= 11 is 0. The van der Waals surface area contributed by atoms with Crippen molar-refractivity contribution >= 4 is 22.6 Å². The van der Waals surface area contributed by atoms with Crippen LogP contribution < -0.4 is 10.6 Å². The number of anilines is 2. The molecule has 1 fully saturated rings. The number of pyridine rings is 1. The van der Waals surface area contributed by atoms with E-state index in [0.29, 0.717) is 30.4 Å². The summed E-state index contributed by atoms with van der Waals surface area (Å²) in [5.41, 5.74) is 4.78. The van der Waals surface area contributed by atoms with Crippen LogP contribution in [0, 0.1) is 6.92 Å². The Balaban J connectivity index is 1.70. The molecule has 7 nitrogen and oxygen atoms in total. The van der Waals surface area contributed by atoms with Crippen LogP contribution in [0.15, 0.2) is 22.6 Å². The number of aryl methyl sites for hydroxylation is 1. The molecular formula is C21H26FN5O2. The van der Waals surface area contributed by atoms with Crippen LogP contribution in [0.2, 0.25) is 0 Å². The van der Waals surface area contributed by atoms with Gasteiger partial charge in [-0.3, -0.25) is 0 Å². The van der Waals surface area contributed by atoms with Crippen LogP contribution in [0.5, 0.6) is 0 Å². The fourth-order valence-electron chi connectivity index (χ4n) is 3.63. The van der Waals surface area contributed by atoms with Gasteiger partial charge in [0.15, 0.2) is 0 Å². The third-order valence-corrected chi connectivity index (χ3v) is 5.41. The summed E-state index contributed by atoms with van der Waals surface area (Å²) in [6, 6.07) is 6.59. The van der Waals surface area contributed by atoms with Crippen LogP contribution in [-0.4, -0.2) is 34.4 Å². The number of aromatic nitrogens is 3. The maximum Gasteiger partial charge on any atom is 0.316 e. The van der Waals surface area contributed by atoms with E-state index in [4.69, 9.17) is 9.40 Å². The molecule has 154 valence electrons. The number of rotatable bonds is 5. The van der Waals surface area contributed by atoms with Gasteiger partial charge in [-0.1, -0.05) is 25.9 Å². The van der Waals surface area contributed by atoms with Gasteiger partial charge in [0.1, 0.15) is 11.8 Å². The van der Waals surface area contributed by atoms with Gasteiger partial charge in [0, 0.05) is 24.2 Å². The number of benzene rings is 1. The lowest BCUT2D eigenvalue weighted by Gasteiger charge is -2.31. The number of hydrogen-bond acceptors (Lipinski definition) is 7. The Morgan fingerprint density at radius 1 is 1.17 bits per heavy atom. The molecule has 2 aromatic heterocycles. The molecule has 0 spiro atoms.